The van der Waals surface area contributed by atoms with Crippen molar-refractivity contribution in [3.8, 4) is 5.75 Å². The van der Waals surface area contributed by atoms with Gasteiger partial charge in [-0.05, 0) is 66.7 Å². The van der Waals surface area contributed by atoms with E-state index in [1.165, 1.54) is 42.6 Å². The molecule has 0 aliphatic carbocycles. The summed E-state index contributed by atoms with van der Waals surface area (Å²) < 4.78 is 30.7. The summed E-state index contributed by atoms with van der Waals surface area (Å²) in [4.78, 5) is 14.5. The van der Waals surface area contributed by atoms with Crippen molar-refractivity contribution < 1.29 is 17.9 Å². The van der Waals surface area contributed by atoms with Crippen LogP contribution in [0.15, 0.2) is 81.2 Å². The molecule has 0 radical (unpaired) electrons. The molecule has 0 fully saturated rings. The van der Waals surface area contributed by atoms with E-state index in [0.717, 1.165) is 0 Å². The minimum atomic E-state index is -3.88. The first-order chi connectivity index (χ1) is 14.2. The van der Waals surface area contributed by atoms with Crippen LogP contribution in [-0.2, 0) is 10.0 Å². The van der Waals surface area contributed by atoms with Gasteiger partial charge in [0.15, 0.2) is 0 Å². The molecule has 0 unspecified atom stereocenters. The van der Waals surface area contributed by atoms with Gasteiger partial charge in [-0.1, -0.05) is 39.1 Å². The summed E-state index contributed by atoms with van der Waals surface area (Å²) in [5.74, 6) is -0.391. The molecular formula is C20H13BrCl2N2O4S. The first kappa shape index (κ1) is 22.3. The Kier molecular flexibility index (Phi) is 7.14. The predicted molar refractivity (Wildman–Crippen MR) is 120 cm³/mol. The van der Waals surface area contributed by atoms with Gasteiger partial charge in [0.05, 0.1) is 16.7 Å². The highest BCUT2D eigenvalue weighted by molar-refractivity contribution is 9.10. The summed E-state index contributed by atoms with van der Waals surface area (Å²) in [6.07, 6.45) is 1.24. The average Bonchev–Trinajstić information content (AvgIpc) is 2.70. The number of carbonyl (C=O) groups excluding carboxylic acids is 1. The number of nitrogens with one attached hydrogen (secondary N) is 1. The maximum Gasteiger partial charge on any atom is 0.343 e. The zero-order valence-electron chi connectivity index (χ0n) is 15.1. The number of hydrogen-bond acceptors (Lipinski definition) is 5. The van der Waals surface area contributed by atoms with Gasteiger partial charge in [0.2, 0.25) is 0 Å². The summed E-state index contributed by atoms with van der Waals surface area (Å²) in [6, 6.07) is 16.7. The van der Waals surface area contributed by atoms with E-state index in [-0.39, 0.29) is 10.6 Å². The number of carbonyl (C=O) groups is 1. The molecule has 1 N–H and O–H groups in total. The Labute approximate surface area is 191 Å². The Morgan fingerprint density at radius 3 is 2.20 bits per heavy atom. The molecule has 3 aromatic carbocycles. The quantitative estimate of drug-likeness (QED) is 0.204. The molecule has 0 aliphatic heterocycles. The zero-order valence-corrected chi connectivity index (χ0v) is 19.0. The Morgan fingerprint density at radius 2 is 1.57 bits per heavy atom. The lowest BCUT2D eigenvalue weighted by molar-refractivity contribution is 0.0734. The normalized spacial score (nSPS) is 11.4. The lowest BCUT2D eigenvalue weighted by Gasteiger charge is -2.08. The van der Waals surface area contributed by atoms with Crippen molar-refractivity contribution in [2.75, 3.05) is 0 Å². The van der Waals surface area contributed by atoms with Gasteiger partial charge in [0, 0.05) is 20.1 Å². The molecule has 3 aromatic rings. The van der Waals surface area contributed by atoms with Crippen LogP contribution in [0.2, 0.25) is 10.0 Å². The lowest BCUT2D eigenvalue weighted by Crippen LogP contribution is -2.18. The van der Waals surface area contributed by atoms with E-state index in [2.05, 4.69) is 25.9 Å². The number of ether oxygens (including phenoxy) is 1. The molecule has 0 bridgehead atoms. The predicted octanol–water partition coefficient (Wildman–Crippen LogP) is 5.29. The standard InChI is InChI=1S/C20H13BrCl2N2O4S/c21-15-3-10-19(29-20(26)13-1-4-16(22)5-2-13)14(11-15)12-24-25-30(27,28)18-8-6-17(23)7-9-18/h1-12,25H. The lowest BCUT2D eigenvalue weighted by atomic mass is 10.2. The van der Waals surface area contributed by atoms with Crippen LogP contribution < -0.4 is 9.57 Å². The minimum absolute atomic E-state index is 0.00711. The van der Waals surface area contributed by atoms with Crippen molar-refractivity contribution in [1.82, 2.24) is 4.83 Å². The maximum absolute atomic E-state index is 12.4. The Hall–Kier alpha value is -2.39. The van der Waals surface area contributed by atoms with Crippen LogP contribution in [0.3, 0.4) is 0 Å². The van der Waals surface area contributed by atoms with Gasteiger partial charge < -0.3 is 4.74 Å². The number of rotatable bonds is 6. The third-order valence-electron chi connectivity index (χ3n) is 3.75. The van der Waals surface area contributed by atoms with Crippen molar-refractivity contribution in [1.29, 1.82) is 0 Å². The molecule has 0 saturated heterocycles. The summed E-state index contributed by atoms with van der Waals surface area (Å²) >= 11 is 14.9. The van der Waals surface area contributed by atoms with Crippen LogP contribution in [0.1, 0.15) is 15.9 Å². The number of benzene rings is 3. The number of sulfonamides is 1. The molecule has 0 atom stereocenters. The zero-order chi connectivity index (χ0) is 21.7. The Bertz CT molecular complexity index is 1200. The Morgan fingerprint density at radius 1 is 0.967 bits per heavy atom. The van der Waals surface area contributed by atoms with Crippen LogP contribution in [0, 0.1) is 0 Å². The molecule has 154 valence electrons. The first-order valence-corrected chi connectivity index (χ1v) is 11.4. The fourth-order valence-corrected chi connectivity index (χ4v) is 3.71. The fraction of sp³-hybridized carbons (Fsp3) is 0. The first-order valence-electron chi connectivity index (χ1n) is 8.32. The number of hydrazone groups is 1. The van der Waals surface area contributed by atoms with Crippen molar-refractivity contribution in [2.24, 2.45) is 5.10 Å². The number of halogens is 3. The SMILES string of the molecule is O=C(Oc1ccc(Br)cc1C=NNS(=O)(=O)c1ccc(Cl)cc1)c1ccc(Cl)cc1. The molecule has 0 aromatic heterocycles. The Balaban J connectivity index is 1.78. The van der Waals surface area contributed by atoms with Gasteiger partial charge in [-0.3, -0.25) is 0 Å². The molecule has 3 rings (SSSR count). The van der Waals surface area contributed by atoms with Gasteiger partial charge in [0.1, 0.15) is 5.75 Å². The highest BCUT2D eigenvalue weighted by Crippen LogP contribution is 2.23. The highest BCUT2D eigenvalue weighted by atomic mass is 79.9. The summed E-state index contributed by atoms with van der Waals surface area (Å²) in [7, 11) is -3.88. The molecule has 0 spiro atoms. The molecular weight excluding hydrogens is 515 g/mol. The van der Waals surface area contributed by atoms with E-state index >= 15 is 0 Å². The van der Waals surface area contributed by atoms with E-state index in [1.807, 2.05) is 0 Å². The van der Waals surface area contributed by atoms with E-state index in [4.69, 9.17) is 27.9 Å². The van der Waals surface area contributed by atoms with Crippen molar-refractivity contribution in [3.63, 3.8) is 0 Å². The molecule has 0 aliphatic rings. The largest absolute Gasteiger partial charge is 0.422 e. The van der Waals surface area contributed by atoms with E-state index < -0.39 is 16.0 Å². The van der Waals surface area contributed by atoms with E-state index in [9.17, 15) is 13.2 Å². The van der Waals surface area contributed by atoms with Crippen molar-refractivity contribution in [3.05, 3.63) is 92.4 Å². The molecule has 0 heterocycles. The van der Waals surface area contributed by atoms with Gasteiger partial charge in [-0.25, -0.2) is 9.63 Å². The number of hydrogen-bond donors (Lipinski definition) is 1. The van der Waals surface area contributed by atoms with Crippen LogP contribution in [0.5, 0.6) is 5.75 Å². The minimum Gasteiger partial charge on any atom is -0.422 e. The van der Waals surface area contributed by atoms with Gasteiger partial charge in [-0.2, -0.15) is 13.5 Å². The van der Waals surface area contributed by atoms with Gasteiger partial charge in [0.25, 0.3) is 10.0 Å². The topological polar surface area (TPSA) is 84.8 Å². The molecule has 30 heavy (non-hydrogen) atoms. The summed E-state index contributed by atoms with van der Waals surface area (Å²) in [6.45, 7) is 0. The second kappa shape index (κ2) is 9.61. The third kappa shape index (κ3) is 5.82. The van der Waals surface area contributed by atoms with Crippen LogP contribution in [-0.4, -0.2) is 20.6 Å². The molecule has 0 saturated carbocycles. The third-order valence-corrected chi connectivity index (χ3v) is 5.99. The molecule has 0 amide bonds. The fourth-order valence-electron chi connectivity index (χ4n) is 2.29. The van der Waals surface area contributed by atoms with Gasteiger partial charge in [-0.15, -0.1) is 0 Å². The van der Waals surface area contributed by atoms with Crippen LogP contribution >= 0.6 is 39.1 Å². The molecule has 10 heteroatoms. The number of esters is 1. The smallest absolute Gasteiger partial charge is 0.343 e. The number of nitrogens with zero attached hydrogens (tertiary/aromatic N) is 1. The maximum atomic E-state index is 12.4. The highest BCUT2D eigenvalue weighted by Gasteiger charge is 2.14. The monoisotopic (exact) mass is 526 g/mol. The van der Waals surface area contributed by atoms with E-state index in [0.29, 0.717) is 25.6 Å². The van der Waals surface area contributed by atoms with E-state index in [1.54, 1.807) is 30.3 Å². The van der Waals surface area contributed by atoms with Crippen LogP contribution in [0.4, 0.5) is 0 Å². The second-order valence-corrected chi connectivity index (χ2v) is 9.33. The average molecular weight is 528 g/mol. The second-order valence-electron chi connectivity index (χ2n) is 5.89. The van der Waals surface area contributed by atoms with Crippen molar-refractivity contribution in [2.45, 2.75) is 4.90 Å². The van der Waals surface area contributed by atoms with Crippen molar-refractivity contribution >= 4 is 61.3 Å². The molecule has 6 nitrogen and oxygen atoms in total. The van der Waals surface area contributed by atoms with Gasteiger partial charge >= 0.3 is 5.97 Å². The van der Waals surface area contributed by atoms with Crippen LogP contribution in [0.25, 0.3) is 0 Å². The summed E-state index contributed by atoms with van der Waals surface area (Å²) in [5.41, 5.74) is 0.694. The summed E-state index contributed by atoms with van der Waals surface area (Å²) in [5, 5.41) is 4.69.